The highest BCUT2D eigenvalue weighted by Gasteiger charge is 2.03. The van der Waals surface area contributed by atoms with Gasteiger partial charge in [-0.15, -0.1) is 10.2 Å². The summed E-state index contributed by atoms with van der Waals surface area (Å²) >= 11 is 0. The number of rotatable bonds is 4. The van der Waals surface area contributed by atoms with Crippen molar-refractivity contribution >= 4 is 11.4 Å². The summed E-state index contributed by atoms with van der Waals surface area (Å²) in [5, 5.41) is 10.8. The average Bonchev–Trinajstić information content (AvgIpc) is 2.70. The number of nitrogens with two attached hydrogens (primary N) is 1. The first-order valence-electron chi connectivity index (χ1n) is 5.28. The first-order chi connectivity index (χ1) is 8.16. The van der Waals surface area contributed by atoms with Crippen LogP contribution in [0.25, 0.3) is 0 Å². The van der Waals surface area contributed by atoms with E-state index in [0.29, 0.717) is 24.3 Å². The van der Waals surface area contributed by atoms with Gasteiger partial charge in [-0.25, -0.2) is 4.39 Å². The zero-order valence-electron chi connectivity index (χ0n) is 9.52. The molecule has 2 rings (SSSR count). The SMILES string of the molecule is Cn1cnnc1CCNc1cc(F)ccc1N. The topological polar surface area (TPSA) is 68.8 Å². The van der Waals surface area contributed by atoms with E-state index < -0.39 is 0 Å². The van der Waals surface area contributed by atoms with Gasteiger partial charge in [0.15, 0.2) is 0 Å². The Morgan fingerprint density at radius 3 is 3.00 bits per heavy atom. The van der Waals surface area contributed by atoms with Crippen LogP contribution in [-0.4, -0.2) is 21.3 Å². The van der Waals surface area contributed by atoms with E-state index in [-0.39, 0.29) is 5.82 Å². The number of nitrogens with zero attached hydrogens (tertiary/aromatic N) is 3. The molecule has 0 aliphatic carbocycles. The second kappa shape index (κ2) is 4.82. The lowest BCUT2D eigenvalue weighted by atomic mass is 10.2. The summed E-state index contributed by atoms with van der Waals surface area (Å²) in [7, 11) is 1.88. The molecule has 1 heterocycles. The molecule has 0 atom stereocenters. The molecule has 0 saturated heterocycles. The van der Waals surface area contributed by atoms with Crippen molar-refractivity contribution in [3.63, 3.8) is 0 Å². The van der Waals surface area contributed by atoms with Gasteiger partial charge >= 0.3 is 0 Å². The fourth-order valence-electron chi connectivity index (χ4n) is 1.52. The van der Waals surface area contributed by atoms with Gasteiger partial charge in [0, 0.05) is 20.0 Å². The Morgan fingerprint density at radius 2 is 2.29 bits per heavy atom. The lowest BCUT2D eigenvalue weighted by Gasteiger charge is -2.08. The number of hydrogen-bond acceptors (Lipinski definition) is 4. The Hall–Kier alpha value is -2.11. The third kappa shape index (κ3) is 2.72. The van der Waals surface area contributed by atoms with E-state index in [0.717, 1.165) is 5.82 Å². The molecule has 0 spiro atoms. The van der Waals surface area contributed by atoms with E-state index in [1.807, 2.05) is 11.6 Å². The Kier molecular flexibility index (Phi) is 3.22. The molecule has 90 valence electrons. The summed E-state index contributed by atoms with van der Waals surface area (Å²) in [6, 6.07) is 4.26. The molecular formula is C11H14FN5. The zero-order chi connectivity index (χ0) is 12.3. The largest absolute Gasteiger partial charge is 0.397 e. The molecule has 1 aromatic carbocycles. The number of aromatic nitrogens is 3. The van der Waals surface area contributed by atoms with Gasteiger partial charge in [-0.1, -0.05) is 0 Å². The van der Waals surface area contributed by atoms with Gasteiger partial charge in [0.1, 0.15) is 18.0 Å². The molecule has 0 saturated carbocycles. The fourth-order valence-corrected chi connectivity index (χ4v) is 1.52. The van der Waals surface area contributed by atoms with E-state index in [2.05, 4.69) is 15.5 Å². The van der Waals surface area contributed by atoms with Crippen LogP contribution in [-0.2, 0) is 13.5 Å². The Bertz CT molecular complexity index is 508. The Balaban J connectivity index is 1.94. The fraction of sp³-hybridized carbons (Fsp3) is 0.273. The van der Waals surface area contributed by atoms with Crippen LogP contribution in [0.3, 0.4) is 0 Å². The van der Waals surface area contributed by atoms with Gasteiger partial charge in [-0.05, 0) is 18.2 Å². The highest BCUT2D eigenvalue weighted by molar-refractivity contribution is 5.65. The molecule has 0 aliphatic rings. The number of nitrogen functional groups attached to an aromatic ring is 1. The van der Waals surface area contributed by atoms with Crippen LogP contribution in [0.15, 0.2) is 24.5 Å². The van der Waals surface area contributed by atoms with Gasteiger partial charge in [0.25, 0.3) is 0 Å². The second-order valence-corrected chi connectivity index (χ2v) is 3.77. The highest BCUT2D eigenvalue weighted by atomic mass is 19.1. The van der Waals surface area contributed by atoms with E-state index in [9.17, 15) is 4.39 Å². The maximum absolute atomic E-state index is 13.0. The molecule has 17 heavy (non-hydrogen) atoms. The number of halogens is 1. The van der Waals surface area contributed by atoms with Crippen molar-refractivity contribution in [2.24, 2.45) is 7.05 Å². The summed E-state index contributed by atoms with van der Waals surface area (Å²) in [5.74, 6) is 0.563. The van der Waals surface area contributed by atoms with Crippen molar-refractivity contribution in [1.82, 2.24) is 14.8 Å². The molecule has 6 heteroatoms. The summed E-state index contributed by atoms with van der Waals surface area (Å²) in [6.07, 6.45) is 2.35. The van der Waals surface area contributed by atoms with E-state index in [1.54, 1.807) is 12.4 Å². The first-order valence-corrected chi connectivity index (χ1v) is 5.28. The number of hydrogen-bond donors (Lipinski definition) is 2. The van der Waals surface area contributed by atoms with Crippen LogP contribution in [0.5, 0.6) is 0 Å². The van der Waals surface area contributed by atoms with Gasteiger partial charge in [0.2, 0.25) is 0 Å². The van der Waals surface area contributed by atoms with Gasteiger partial charge < -0.3 is 15.6 Å². The standard InChI is InChI=1S/C11H14FN5/c1-17-7-15-16-11(17)4-5-14-10-6-8(12)2-3-9(10)13/h2-3,6-7,14H,4-5,13H2,1H3. The first kappa shape index (κ1) is 11.4. The van der Waals surface area contributed by atoms with Crippen LogP contribution < -0.4 is 11.1 Å². The van der Waals surface area contributed by atoms with Gasteiger partial charge in [-0.3, -0.25) is 0 Å². The van der Waals surface area contributed by atoms with Crippen molar-refractivity contribution in [2.45, 2.75) is 6.42 Å². The monoisotopic (exact) mass is 235 g/mol. The van der Waals surface area contributed by atoms with Crippen molar-refractivity contribution in [3.8, 4) is 0 Å². The lowest BCUT2D eigenvalue weighted by molar-refractivity contribution is 0.628. The smallest absolute Gasteiger partial charge is 0.134 e. The molecule has 0 aliphatic heterocycles. The van der Waals surface area contributed by atoms with Crippen LogP contribution in [0.4, 0.5) is 15.8 Å². The minimum Gasteiger partial charge on any atom is -0.397 e. The summed E-state index contributed by atoms with van der Waals surface area (Å²) < 4.78 is 14.8. The lowest BCUT2D eigenvalue weighted by Crippen LogP contribution is -2.10. The maximum Gasteiger partial charge on any atom is 0.134 e. The molecule has 0 unspecified atom stereocenters. The molecule has 0 fully saturated rings. The van der Waals surface area contributed by atoms with Crippen molar-refractivity contribution in [1.29, 1.82) is 0 Å². The number of nitrogens with one attached hydrogen (secondary N) is 1. The molecular weight excluding hydrogens is 221 g/mol. The number of anilines is 2. The van der Waals surface area contributed by atoms with Crippen molar-refractivity contribution in [2.75, 3.05) is 17.6 Å². The highest BCUT2D eigenvalue weighted by Crippen LogP contribution is 2.18. The molecule has 3 N–H and O–H groups in total. The number of benzene rings is 1. The molecule has 0 amide bonds. The van der Waals surface area contributed by atoms with Gasteiger partial charge in [0.05, 0.1) is 11.4 Å². The maximum atomic E-state index is 13.0. The molecule has 5 nitrogen and oxygen atoms in total. The van der Waals surface area contributed by atoms with Gasteiger partial charge in [-0.2, -0.15) is 0 Å². The van der Waals surface area contributed by atoms with E-state index >= 15 is 0 Å². The van der Waals surface area contributed by atoms with Crippen LogP contribution in [0.2, 0.25) is 0 Å². The summed E-state index contributed by atoms with van der Waals surface area (Å²) in [6.45, 7) is 0.625. The van der Waals surface area contributed by atoms with Crippen LogP contribution >= 0.6 is 0 Å². The van der Waals surface area contributed by atoms with Crippen LogP contribution in [0.1, 0.15) is 5.82 Å². The molecule has 0 radical (unpaired) electrons. The molecule has 0 bridgehead atoms. The zero-order valence-corrected chi connectivity index (χ0v) is 9.52. The summed E-state index contributed by atoms with van der Waals surface area (Å²) in [5.41, 5.74) is 6.85. The minimum absolute atomic E-state index is 0.305. The molecule has 1 aromatic heterocycles. The number of aryl methyl sites for hydroxylation is 1. The second-order valence-electron chi connectivity index (χ2n) is 3.77. The normalized spacial score (nSPS) is 10.5. The predicted molar refractivity (Wildman–Crippen MR) is 64.0 cm³/mol. The van der Waals surface area contributed by atoms with E-state index in [1.165, 1.54) is 12.1 Å². The summed E-state index contributed by atoms with van der Waals surface area (Å²) in [4.78, 5) is 0. The average molecular weight is 235 g/mol. The quantitative estimate of drug-likeness (QED) is 0.781. The van der Waals surface area contributed by atoms with Crippen molar-refractivity contribution < 1.29 is 4.39 Å². The molecule has 2 aromatic rings. The third-order valence-corrected chi connectivity index (χ3v) is 2.48. The Labute approximate surface area is 98.5 Å². The third-order valence-electron chi connectivity index (χ3n) is 2.48. The van der Waals surface area contributed by atoms with E-state index in [4.69, 9.17) is 5.73 Å². The van der Waals surface area contributed by atoms with Crippen LogP contribution in [0, 0.1) is 5.82 Å². The predicted octanol–water partition coefficient (Wildman–Crippen LogP) is 1.19. The Morgan fingerprint density at radius 1 is 1.47 bits per heavy atom. The minimum atomic E-state index is -0.305. The van der Waals surface area contributed by atoms with Crippen molar-refractivity contribution in [3.05, 3.63) is 36.2 Å².